The normalized spacial score (nSPS) is 27.1. The molecule has 0 bridgehead atoms. The number of carboxylic acids is 1. The lowest BCUT2D eigenvalue weighted by Crippen LogP contribution is -2.48. The largest absolute Gasteiger partial charge is 0.475 e. The van der Waals surface area contributed by atoms with Crippen molar-refractivity contribution in [2.75, 3.05) is 0 Å². The maximum absolute atomic E-state index is 12.3. The molecule has 0 amide bonds. The Labute approximate surface area is 76.0 Å². The molecule has 0 aliphatic carbocycles. The zero-order valence-electron chi connectivity index (χ0n) is 6.88. The number of rotatable bonds is 1. The predicted molar refractivity (Wildman–Crippen MR) is 36.3 cm³/mol. The van der Waals surface area contributed by atoms with E-state index in [1.54, 1.807) is 0 Å². The van der Waals surface area contributed by atoms with Crippen LogP contribution in [-0.2, 0) is 14.3 Å². The molecule has 1 atom stereocenters. The van der Waals surface area contributed by atoms with Crippen LogP contribution in [0.15, 0.2) is 11.8 Å². The first kappa shape index (κ1) is 10.6. The van der Waals surface area contributed by atoms with E-state index in [2.05, 4.69) is 4.74 Å². The number of carbonyl (C=O) groups excluding carboxylic acids is 1. The van der Waals surface area contributed by atoms with Crippen molar-refractivity contribution in [3.63, 3.8) is 0 Å². The van der Waals surface area contributed by atoms with Crippen molar-refractivity contribution < 1.29 is 32.6 Å². The highest BCUT2D eigenvalue weighted by Gasteiger charge is 2.62. The van der Waals surface area contributed by atoms with Gasteiger partial charge in [0.15, 0.2) is 0 Å². The Hall–Kier alpha value is -1.53. The summed E-state index contributed by atoms with van der Waals surface area (Å²) < 4.78 is 40.9. The number of aliphatic carboxylic acids is 1. The second kappa shape index (κ2) is 2.73. The predicted octanol–water partition coefficient (Wildman–Crippen LogP) is 0.875. The van der Waals surface area contributed by atoms with E-state index in [1.165, 1.54) is 0 Å². The van der Waals surface area contributed by atoms with Crippen LogP contribution >= 0.6 is 0 Å². The summed E-state index contributed by atoms with van der Waals surface area (Å²) in [4.78, 5) is 21.1. The van der Waals surface area contributed by atoms with Crippen molar-refractivity contribution in [3.05, 3.63) is 11.8 Å². The Kier molecular flexibility index (Phi) is 2.06. The van der Waals surface area contributed by atoms with E-state index in [0.29, 0.717) is 13.0 Å². The van der Waals surface area contributed by atoms with Crippen LogP contribution in [0.4, 0.5) is 13.2 Å². The molecule has 0 saturated heterocycles. The Morgan fingerprint density at radius 2 is 2.07 bits per heavy atom. The summed E-state index contributed by atoms with van der Waals surface area (Å²) in [5, 5.41) is 8.32. The minimum Gasteiger partial charge on any atom is -0.475 e. The standard InChI is InChI=1S/C7H5F3O4/c1-6(7(8,9)10)4(11)2-3(14-6)5(12)13/h2H,1H3,(H,12,13)/t6-/m1/s1. The van der Waals surface area contributed by atoms with Crippen LogP contribution in [0.1, 0.15) is 6.92 Å². The van der Waals surface area contributed by atoms with E-state index >= 15 is 0 Å². The van der Waals surface area contributed by atoms with Gasteiger partial charge in [-0.3, -0.25) is 4.79 Å². The van der Waals surface area contributed by atoms with Crippen LogP contribution in [0, 0.1) is 0 Å². The Morgan fingerprint density at radius 1 is 1.57 bits per heavy atom. The van der Waals surface area contributed by atoms with Crippen molar-refractivity contribution >= 4 is 11.8 Å². The van der Waals surface area contributed by atoms with Gasteiger partial charge in [-0.2, -0.15) is 13.2 Å². The smallest absolute Gasteiger partial charge is 0.435 e. The number of ether oxygens (including phenoxy) is 1. The number of alkyl halides is 3. The molecular formula is C7H5F3O4. The number of hydrogen-bond donors (Lipinski definition) is 1. The summed E-state index contributed by atoms with van der Waals surface area (Å²) in [7, 11) is 0. The van der Waals surface area contributed by atoms with Gasteiger partial charge in [-0.05, 0) is 6.92 Å². The molecule has 0 spiro atoms. The molecule has 4 nitrogen and oxygen atoms in total. The number of carboxylic acid groups (broad SMARTS) is 1. The molecule has 0 fully saturated rings. The number of ketones is 1. The second-order valence-electron chi connectivity index (χ2n) is 2.81. The zero-order chi connectivity index (χ0) is 11.1. The van der Waals surface area contributed by atoms with Gasteiger partial charge in [0, 0.05) is 6.08 Å². The molecule has 0 aromatic heterocycles. The van der Waals surface area contributed by atoms with Crippen molar-refractivity contribution in [1.29, 1.82) is 0 Å². The van der Waals surface area contributed by atoms with Crippen molar-refractivity contribution in [2.45, 2.75) is 18.7 Å². The third kappa shape index (κ3) is 1.34. The summed E-state index contributed by atoms with van der Waals surface area (Å²) >= 11 is 0. The fraction of sp³-hybridized carbons (Fsp3) is 0.429. The minimum absolute atomic E-state index is 0.329. The molecule has 0 aromatic carbocycles. The minimum atomic E-state index is -4.93. The highest BCUT2D eigenvalue weighted by Crippen LogP contribution is 2.39. The van der Waals surface area contributed by atoms with Crippen LogP contribution in [0.3, 0.4) is 0 Å². The number of halogens is 3. The molecule has 1 aliphatic heterocycles. The van der Waals surface area contributed by atoms with E-state index in [9.17, 15) is 22.8 Å². The molecule has 0 radical (unpaired) electrons. The third-order valence-electron chi connectivity index (χ3n) is 1.80. The summed E-state index contributed by atoms with van der Waals surface area (Å²) in [6, 6.07) is 0. The van der Waals surface area contributed by atoms with Crippen LogP contribution < -0.4 is 0 Å². The van der Waals surface area contributed by atoms with Gasteiger partial charge in [-0.25, -0.2) is 4.79 Å². The molecule has 14 heavy (non-hydrogen) atoms. The van der Waals surface area contributed by atoms with E-state index in [-0.39, 0.29) is 0 Å². The molecule has 1 N–H and O–H groups in total. The Morgan fingerprint density at radius 3 is 2.29 bits per heavy atom. The summed E-state index contributed by atoms with van der Waals surface area (Å²) in [6.07, 6.45) is -4.60. The first-order valence-corrected chi connectivity index (χ1v) is 3.43. The van der Waals surface area contributed by atoms with Gasteiger partial charge < -0.3 is 9.84 Å². The molecule has 7 heteroatoms. The lowest BCUT2D eigenvalue weighted by molar-refractivity contribution is -0.242. The quantitative estimate of drug-likeness (QED) is 0.697. The van der Waals surface area contributed by atoms with Crippen molar-refractivity contribution in [2.24, 2.45) is 0 Å². The average Bonchev–Trinajstić information content (AvgIpc) is 2.28. The molecule has 78 valence electrons. The van der Waals surface area contributed by atoms with Crippen LogP contribution in [0.5, 0.6) is 0 Å². The molecule has 1 aliphatic rings. The molecular weight excluding hydrogens is 205 g/mol. The first-order valence-electron chi connectivity index (χ1n) is 3.43. The number of hydrogen-bond acceptors (Lipinski definition) is 3. The number of carbonyl (C=O) groups is 2. The van der Waals surface area contributed by atoms with Gasteiger partial charge >= 0.3 is 12.1 Å². The zero-order valence-corrected chi connectivity index (χ0v) is 6.88. The monoisotopic (exact) mass is 210 g/mol. The maximum Gasteiger partial charge on any atom is 0.435 e. The lowest BCUT2D eigenvalue weighted by Gasteiger charge is -2.25. The molecule has 0 unspecified atom stereocenters. The summed E-state index contributed by atoms with van der Waals surface area (Å²) in [5.74, 6) is -4.11. The molecule has 1 heterocycles. The molecule has 0 aromatic rings. The fourth-order valence-corrected chi connectivity index (χ4v) is 0.859. The summed E-state index contributed by atoms with van der Waals surface area (Å²) in [6.45, 7) is 0.488. The van der Waals surface area contributed by atoms with Crippen LogP contribution in [0.25, 0.3) is 0 Å². The average molecular weight is 210 g/mol. The van der Waals surface area contributed by atoms with Crippen LogP contribution in [0.2, 0.25) is 0 Å². The Bertz CT molecular complexity index is 330. The first-order chi connectivity index (χ1) is 6.18. The van der Waals surface area contributed by atoms with Crippen molar-refractivity contribution in [3.8, 4) is 0 Å². The lowest BCUT2D eigenvalue weighted by atomic mass is 10.0. The van der Waals surface area contributed by atoms with E-state index < -0.39 is 29.3 Å². The highest BCUT2D eigenvalue weighted by molar-refractivity contribution is 6.05. The van der Waals surface area contributed by atoms with Gasteiger partial charge in [0.1, 0.15) is 0 Å². The SMILES string of the molecule is C[C@@]1(C(F)(F)F)OC(C(=O)O)=CC1=O. The highest BCUT2D eigenvalue weighted by atomic mass is 19.4. The van der Waals surface area contributed by atoms with E-state index in [4.69, 9.17) is 5.11 Å². The van der Waals surface area contributed by atoms with Gasteiger partial charge in [-0.15, -0.1) is 0 Å². The Balaban J connectivity index is 3.03. The van der Waals surface area contributed by atoms with Crippen LogP contribution in [-0.4, -0.2) is 28.6 Å². The van der Waals surface area contributed by atoms with Gasteiger partial charge in [0.05, 0.1) is 0 Å². The second-order valence-corrected chi connectivity index (χ2v) is 2.81. The molecule has 0 saturated carbocycles. The third-order valence-corrected chi connectivity index (χ3v) is 1.80. The van der Waals surface area contributed by atoms with Gasteiger partial charge in [-0.1, -0.05) is 0 Å². The van der Waals surface area contributed by atoms with E-state index in [0.717, 1.165) is 0 Å². The maximum atomic E-state index is 12.3. The van der Waals surface area contributed by atoms with Crippen molar-refractivity contribution in [1.82, 2.24) is 0 Å². The molecule has 1 rings (SSSR count). The summed E-state index contributed by atoms with van der Waals surface area (Å²) in [5.41, 5.74) is -3.07. The topological polar surface area (TPSA) is 63.6 Å². The fourth-order valence-electron chi connectivity index (χ4n) is 0.859. The van der Waals surface area contributed by atoms with Gasteiger partial charge in [0.25, 0.3) is 5.60 Å². The van der Waals surface area contributed by atoms with E-state index in [1.807, 2.05) is 0 Å². The van der Waals surface area contributed by atoms with Gasteiger partial charge in [0.2, 0.25) is 11.5 Å².